The molecule has 2 heterocycles. The summed E-state index contributed by atoms with van der Waals surface area (Å²) in [5.41, 5.74) is 2.01. The summed E-state index contributed by atoms with van der Waals surface area (Å²) < 4.78 is 5.35. The first kappa shape index (κ1) is 17.0. The predicted octanol–water partition coefficient (Wildman–Crippen LogP) is 2.30. The van der Waals surface area contributed by atoms with E-state index in [0.717, 1.165) is 17.7 Å². The van der Waals surface area contributed by atoms with Crippen molar-refractivity contribution in [3.8, 4) is 5.75 Å². The minimum absolute atomic E-state index is 0.0179. The number of ether oxygens (including phenoxy) is 1. The van der Waals surface area contributed by atoms with Crippen LogP contribution in [0.1, 0.15) is 12.5 Å². The number of nitro groups is 1. The lowest BCUT2D eigenvalue weighted by molar-refractivity contribution is -0.384. The number of hydrogen-bond acceptors (Lipinski definition) is 5. The van der Waals surface area contributed by atoms with Gasteiger partial charge in [0.2, 0.25) is 5.91 Å². The van der Waals surface area contributed by atoms with E-state index in [4.69, 9.17) is 4.74 Å². The number of hydrogen-bond donors (Lipinski definition) is 0. The fraction of sp³-hybridized carbons (Fsp3) is 0.263. The molecule has 0 saturated carbocycles. The number of non-ortho nitro benzene ring substituents is 1. The fourth-order valence-corrected chi connectivity index (χ4v) is 3.63. The zero-order valence-corrected chi connectivity index (χ0v) is 14.6. The molecule has 2 aromatic rings. The molecule has 2 aliphatic rings. The van der Waals surface area contributed by atoms with Crippen LogP contribution in [0.3, 0.4) is 0 Å². The molecule has 0 aliphatic carbocycles. The zero-order valence-electron chi connectivity index (χ0n) is 14.6. The highest BCUT2D eigenvalue weighted by Gasteiger charge is 2.35. The van der Waals surface area contributed by atoms with Gasteiger partial charge in [0.1, 0.15) is 12.3 Å². The van der Waals surface area contributed by atoms with Crippen LogP contribution in [0.4, 0.5) is 17.1 Å². The Hall–Kier alpha value is -3.42. The molecule has 0 N–H and O–H groups in total. The Morgan fingerprint density at radius 1 is 1.26 bits per heavy atom. The van der Waals surface area contributed by atoms with Crippen molar-refractivity contribution in [2.24, 2.45) is 0 Å². The Labute approximate surface area is 155 Å². The fourth-order valence-electron chi connectivity index (χ4n) is 3.63. The third-order valence-electron chi connectivity index (χ3n) is 4.87. The van der Waals surface area contributed by atoms with Gasteiger partial charge in [-0.05, 0) is 31.0 Å². The van der Waals surface area contributed by atoms with Gasteiger partial charge in [-0.2, -0.15) is 0 Å². The molecule has 0 spiro atoms. The quantitative estimate of drug-likeness (QED) is 0.613. The van der Waals surface area contributed by atoms with Gasteiger partial charge in [-0.1, -0.05) is 18.2 Å². The summed E-state index contributed by atoms with van der Waals surface area (Å²) in [6, 6.07) is 11.7. The smallest absolute Gasteiger partial charge is 0.271 e. The Morgan fingerprint density at radius 3 is 2.81 bits per heavy atom. The van der Waals surface area contributed by atoms with Gasteiger partial charge in [-0.25, -0.2) is 0 Å². The van der Waals surface area contributed by atoms with E-state index in [0.29, 0.717) is 5.75 Å². The third kappa shape index (κ3) is 2.88. The molecule has 0 aromatic heterocycles. The van der Waals surface area contributed by atoms with Crippen LogP contribution >= 0.6 is 0 Å². The van der Waals surface area contributed by atoms with Crippen LogP contribution in [-0.4, -0.2) is 35.9 Å². The molecule has 0 fully saturated rings. The van der Waals surface area contributed by atoms with Crippen molar-refractivity contribution in [2.75, 3.05) is 23.0 Å². The summed E-state index contributed by atoms with van der Waals surface area (Å²) in [5.74, 6) is -0.292. The van der Waals surface area contributed by atoms with Crippen LogP contribution < -0.4 is 14.5 Å². The van der Waals surface area contributed by atoms with Crippen molar-refractivity contribution in [1.82, 2.24) is 0 Å². The van der Waals surface area contributed by atoms with Crippen LogP contribution in [-0.2, 0) is 16.0 Å². The van der Waals surface area contributed by atoms with E-state index < -0.39 is 10.8 Å². The number of rotatable bonds is 3. The predicted molar refractivity (Wildman–Crippen MR) is 98.0 cm³/mol. The maximum Gasteiger partial charge on any atom is 0.271 e. The van der Waals surface area contributed by atoms with E-state index in [1.165, 1.54) is 23.1 Å². The molecule has 1 unspecified atom stereocenters. The van der Waals surface area contributed by atoms with Crippen LogP contribution in [0.25, 0.3) is 0 Å². The number of anilines is 2. The first-order valence-electron chi connectivity index (χ1n) is 8.57. The van der Waals surface area contributed by atoms with E-state index in [1.54, 1.807) is 4.90 Å². The molecule has 8 nitrogen and oxygen atoms in total. The summed E-state index contributed by atoms with van der Waals surface area (Å²) in [4.78, 5) is 38.9. The van der Waals surface area contributed by atoms with Crippen molar-refractivity contribution >= 4 is 28.9 Å². The standard InChI is InChI=1S/C19H17N3O5/c1-12-8-13-4-2-3-5-15(13)21(12)18(23)10-20-16-9-14(22(25)26)6-7-17(16)27-11-19(20)24/h2-7,9,12H,8,10-11H2,1H3. The van der Waals surface area contributed by atoms with Gasteiger partial charge in [0.25, 0.3) is 11.6 Å². The number of fused-ring (bicyclic) bond motifs is 2. The Balaban J connectivity index is 1.65. The first-order valence-corrected chi connectivity index (χ1v) is 8.57. The van der Waals surface area contributed by atoms with Gasteiger partial charge < -0.3 is 9.64 Å². The Morgan fingerprint density at radius 2 is 2.04 bits per heavy atom. The number of nitrogens with zero attached hydrogens (tertiary/aromatic N) is 3. The van der Waals surface area contributed by atoms with Crippen molar-refractivity contribution in [2.45, 2.75) is 19.4 Å². The van der Waals surface area contributed by atoms with Crippen molar-refractivity contribution in [1.29, 1.82) is 0 Å². The van der Waals surface area contributed by atoms with Crippen LogP contribution in [0, 0.1) is 10.1 Å². The van der Waals surface area contributed by atoms with Crippen molar-refractivity contribution in [3.63, 3.8) is 0 Å². The molecule has 2 aromatic carbocycles. The minimum Gasteiger partial charge on any atom is -0.482 e. The monoisotopic (exact) mass is 367 g/mol. The first-order chi connectivity index (χ1) is 13.0. The Bertz CT molecular complexity index is 958. The van der Waals surface area contributed by atoms with E-state index >= 15 is 0 Å². The van der Waals surface area contributed by atoms with Gasteiger partial charge in [-0.15, -0.1) is 0 Å². The lowest BCUT2D eigenvalue weighted by Crippen LogP contribution is -2.48. The molecular formula is C19H17N3O5. The van der Waals surface area contributed by atoms with Gasteiger partial charge in [-0.3, -0.25) is 24.6 Å². The lowest BCUT2D eigenvalue weighted by atomic mass is 10.1. The number of para-hydroxylation sites is 1. The second-order valence-electron chi connectivity index (χ2n) is 6.62. The SMILES string of the molecule is CC1Cc2ccccc2N1C(=O)CN1C(=O)COc2ccc([N+](=O)[O-])cc21. The molecule has 4 rings (SSSR count). The van der Waals surface area contributed by atoms with Crippen molar-refractivity contribution < 1.29 is 19.2 Å². The van der Waals surface area contributed by atoms with Gasteiger partial charge in [0.15, 0.2) is 6.61 Å². The molecule has 138 valence electrons. The topological polar surface area (TPSA) is 93.0 Å². The third-order valence-corrected chi connectivity index (χ3v) is 4.87. The van der Waals surface area contributed by atoms with E-state index in [9.17, 15) is 19.7 Å². The second kappa shape index (κ2) is 6.39. The molecule has 8 heteroatoms. The molecule has 0 radical (unpaired) electrons. The molecule has 2 amide bonds. The van der Waals surface area contributed by atoms with E-state index in [2.05, 4.69) is 0 Å². The number of carbonyl (C=O) groups excluding carboxylic acids is 2. The number of nitro benzene ring substituents is 1. The highest BCUT2D eigenvalue weighted by atomic mass is 16.6. The molecular weight excluding hydrogens is 350 g/mol. The second-order valence-corrected chi connectivity index (χ2v) is 6.62. The molecule has 1 atom stereocenters. The number of amides is 2. The molecule has 27 heavy (non-hydrogen) atoms. The number of carbonyl (C=O) groups is 2. The normalized spacial score (nSPS) is 18.0. The largest absolute Gasteiger partial charge is 0.482 e. The highest BCUT2D eigenvalue weighted by Crippen LogP contribution is 2.36. The van der Waals surface area contributed by atoms with Crippen LogP contribution in [0.2, 0.25) is 0 Å². The highest BCUT2D eigenvalue weighted by molar-refractivity contribution is 6.06. The van der Waals surface area contributed by atoms with Crippen LogP contribution in [0.5, 0.6) is 5.75 Å². The van der Waals surface area contributed by atoms with E-state index in [1.807, 2.05) is 31.2 Å². The average molecular weight is 367 g/mol. The van der Waals surface area contributed by atoms with Gasteiger partial charge in [0, 0.05) is 23.9 Å². The van der Waals surface area contributed by atoms with Gasteiger partial charge >= 0.3 is 0 Å². The molecule has 0 saturated heterocycles. The molecule has 0 bridgehead atoms. The van der Waals surface area contributed by atoms with Crippen molar-refractivity contribution in [3.05, 3.63) is 58.1 Å². The van der Waals surface area contributed by atoms with Gasteiger partial charge in [0.05, 0.1) is 10.6 Å². The maximum absolute atomic E-state index is 13.0. The Kier molecular flexibility index (Phi) is 4.02. The summed E-state index contributed by atoms with van der Waals surface area (Å²) in [6.07, 6.45) is 0.751. The minimum atomic E-state index is -0.543. The summed E-state index contributed by atoms with van der Waals surface area (Å²) in [7, 11) is 0. The summed E-state index contributed by atoms with van der Waals surface area (Å²) in [6.45, 7) is 1.55. The summed E-state index contributed by atoms with van der Waals surface area (Å²) >= 11 is 0. The van der Waals surface area contributed by atoms with Crippen LogP contribution in [0.15, 0.2) is 42.5 Å². The maximum atomic E-state index is 13.0. The van der Waals surface area contributed by atoms with E-state index in [-0.39, 0.29) is 36.5 Å². The zero-order chi connectivity index (χ0) is 19.1. The number of benzene rings is 2. The molecule has 2 aliphatic heterocycles. The summed E-state index contributed by atoms with van der Waals surface area (Å²) in [5, 5.41) is 11.1. The lowest BCUT2D eigenvalue weighted by Gasteiger charge is -2.31. The average Bonchev–Trinajstić information content (AvgIpc) is 2.99.